The Hall–Kier alpha value is -1.43. The summed E-state index contributed by atoms with van der Waals surface area (Å²) in [5.41, 5.74) is 0.974. The van der Waals surface area contributed by atoms with Gasteiger partial charge in [-0.25, -0.2) is 0 Å². The molecule has 1 aromatic rings. The molecule has 0 saturated carbocycles. The highest BCUT2D eigenvalue weighted by Crippen LogP contribution is 2.08. The van der Waals surface area contributed by atoms with Gasteiger partial charge < -0.3 is 5.32 Å². The van der Waals surface area contributed by atoms with Crippen LogP contribution < -0.4 is 5.32 Å². The smallest absolute Gasteiger partial charge is 0.0764 e. The standard InChI is InChI=1S/C9H13N3/c1-4-5-10-9-6-11-12(7-9)8(2)3/h1,6-8,10H,5H2,2-3H3. The van der Waals surface area contributed by atoms with Crippen LogP contribution in [0.15, 0.2) is 12.4 Å². The summed E-state index contributed by atoms with van der Waals surface area (Å²) in [7, 11) is 0. The van der Waals surface area contributed by atoms with Crippen molar-refractivity contribution >= 4 is 5.69 Å². The first-order chi connectivity index (χ1) is 5.74. The lowest BCUT2D eigenvalue weighted by Gasteiger charge is -2.02. The monoisotopic (exact) mass is 163 g/mol. The van der Waals surface area contributed by atoms with Crippen LogP contribution in [0.1, 0.15) is 19.9 Å². The molecule has 1 rings (SSSR count). The maximum Gasteiger partial charge on any atom is 0.0764 e. The third-order valence-electron chi connectivity index (χ3n) is 1.53. The quantitative estimate of drug-likeness (QED) is 0.684. The minimum atomic E-state index is 0.395. The summed E-state index contributed by atoms with van der Waals surface area (Å²) in [5.74, 6) is 2.51. The van der Waals surface area contributed by atoms with Crippen LogP contribution in [0.25, 0.3) is 0 Å². The average molecular weight is 163 g/mol. The summed E-state index contributed by atoms with van der Waals surface area (Å²) >= 11 is 0. The predicted molar refractivity (Wildman–Crippen MR) is 49.9 cm³/mol. The van der Waals surface area contributed by atoms with E-state index in [1.165, 1.54) is 0 Å². The van der Waals surface area contributed by atoms with Crippen LogP contribution in [0.4, 0.5) is 5.69 Å². The molecule has 3 heteroatoms. The fourth-order valence-corrected chi connectivity index (χ4v) is 0.865. The van der Waals surface area contributed by atoms with Crippen molar-refractivity contribution in [3.8, 4) is 12.3 Å². The van der Waals surface area contributed by atoms with Gasteiger partial charge in [0, 0.05) is 12.2 Å². The van der Waals surface area contributed by atoms with Crippen molar-refractivity contribution in [3.63, 3.8) is 0 Å². The first-order valence-electron chi connectivity index (χ1n) is 3.95. The van der Waals surface area contributed by atoms with E-state index in [2.05, 4.69) is 30.2 Å². The van der Waals surface area contributed by atoms with Crippen molar-refractivity contribution < 1.29 is 0 Å². The number of hydrogen-bond acceptors (Lipinski definition) is 2. The van der Waals surface area contributed by atoms with Crippen molar-refractivity contribution in [3.05, 3.63) is 12.4 Å². The van der Waals surface area contributed by atoms with Gasteiger partial charge >= 0.3 is 0 Å². The Bertz CT molecular complexity index is 280. The van der Waals surface area contributed by atoms with E-state index in [9.17, 15) is 0 Å². The number of anilines is 1. The van der Waals surface area contributed by atoms with Crippen molar-refractivity contribution in [2.75, 3.05) is 11.9 Å². The normalized spacial score (nSPS) is 9.83. The highest BCUT2D eigenvalue weighted by molar-refractivity contribution is 5.39. The van der Waals surface area contributed by atoms with Gasteiger partial charge in [0.2, 0.25) is 0 Å². The SMILES string of the molecule is C#CCNc1cnn(C(C)C)c1. The molecular formula is C9H13N3. The lowest BCUT2D eigenvalue weighted by molar-refractivity contribution is 0.532. The van der Waals surface area contributed by atoms with Crippen LogP contribution in [0.5, 0.6) is 0 Å². The maximum absolute atomic E-state index is 5.10. The minimum Gasteiger partial charge on any atom is -0.372 e. The van der Waals surface area contributed by atoms with Crippen LogP contribution in [0, 0.1) is 12.3 Å². The third-order valence-corrected chi connectivity index (χ3v) is 1.53. The lowest BCUT2D eigenvalue weighted by atomic mass is 10.4. The molecule has 1 heterocycles. The molecule has 0 amide bonds. The van der Waals surface area contributed by atoms with Gasteiger partial charge in [-0.3, -0.25) is 4.68 Å². The lowest BCUT2D eigenvalue weighted by Crippen LogP contribution is -2.00. The van der Waals surface area contributed by atoms with Crippen molar-refractivity contribution in [2.45, 2.75) is 19.9 Å². The van der Waals surface area contributed by atoms with Gasteiger partial charge in [-0.15, -0.1) is 6.42 Å². The zero-order valence-electron chi connectivity index (χ0n) is 7.41. The van der Waals surface area contributed by atoms with Crippen molar-refractivity contribution in [1.82, 2.24) is 9.78 Å². The molecule has 0 fully saturated rings. The summed E-state index contributed by atoms with van der Waals surface area (Å²) < 4.78 is 1.89. The molecule has 3 nitrogen and oxygen atoms in total. The number of rotatable bonds is 3. The molecule has 0 radical (unpaired) electrons. The van der Waals surface area contributed by atoms with E-state index in [1.807, 2.05) is 10.9 Å². The Morgan fingerprint density at radius 1 is 1.75 bits per heavy atom. The number of aromatic nitrogens is 2. The van der Waals surface area contributed by atoms with Crippen LogP contribution >= 0.6 is 0 Å². The van der Waals surface area contributed by atoms with Crippen LogP contribution in [0.2, 0.25) is 0 Å². The first kappa shape index (κ1) is 8.66. The Kier molecular flexibility index (Phi) is 2.76. The molecule has 0 aromatic carbocycles. The summed E-state index contributed by atoms with van der Waals surface area (Å²) in [5, 5.41) is 7.20. The molecule has 0 spiro atoms. The topological polar surface area (TPSA) is 29.9 Å². The van der Waals surface area contributed by atoms with E-state index in [-0.39, 0.29) is 0 Å². The number of nitrogens with one attached hydrogen (secondary N) is 1. The van der Waals surface area contributed by atoms with E-state index < -0.39 is 0 Å². The largest absolute Gasteiger partial charge is 0.372 e. The first-order valence-corrected chi connectivity index (χ1v) is 3.95. The zero-order valence-corrected chi connectivity index (χ0v) is 7.41. The van der Waals surface area contributed by atoms with Crippen LogP contribution in [-0.2, 0) is 0 Å². The second-order valence-corrected chi connectivity index (χ2v) is 2.86. The molecule has 0 aliphatic carbocycles. The fraction of sp³-hybridized carbons (Fsp3) is 0.444. The van der Waals surface area contributed by atoms with Crippen molar-refractivity contribution in [1.29, 1.82) is 0 Å². The van der Waals surface area contributed by atoms with Crippen LogP contribution in [-0.4, -0.2) is 16.3 Å². The van der Waals surface area contributed by atoms with E-state index in [4.69, 9.17) is 6.42 Å². The molecule has 1 N–H and O–H groups in total. The molecule has 0 atom stereocenters. The second kappa shape index (κ2) is 3.82. The molecule has 0 aliphatic heterocycles. The van der Waals surface area contributed by atoms with Crippen LogP contribution in [0.3, 0.4) is 0 Å². The Labute approximate surface area is 72.8 Å². The van der Waals surface area contributed by atoms with Gasteiger partial charge in [0.25, 0.3) is 0 Å². The van der Waals surface area contributed by atoms with Gasteiger partial charge in [-0.1, -0.05) is 5.92 Å². The van der Waals surface area contributed by atoms with E-state index in [1.54, 1.807) is 6.20 Å². The Morgan fingerprint density at radius 2 is 2.50 bits per heavy atom. The molecule has 0 saturated heterocycles. The second-order valence-electron chi connectivity index (χ2n) is 2.86. The molecule has 12 heavy (non-hydrogen) atoms. The van der Waals surface area contributed by atoms with Crippen molar-refractivity contribution in [2.24, 2.45) is 0 Å². The van der Waals surface area contributed by atoms with E-state index >= 15 is 0 Å². The highest BCUT2D eigenvalue weighted by atomic mass is 15.3. The van der Waals surface area contributed by atoms with E-state index in [0.29, 0.717) is 12.6 Å². The number of terminal acetylenes is 1. The van der Waals surface area contributed by atoms with Gasteiger partial charge in [0.15, 0.2) is 0 Å². The summed E-state index contributed by atoms with van der Waals surface area (Å²) in [6.07, 6.45) is 8.82. The fourth-order valence-electron chi connectivity index (χ4n) is 0.865. The minimum absolute atomic E-state index is 0.395. The molecule has 0 unspecified atom stereocenters. The number of hydrogen-bond donors (Lipinski definition) is 1. The number of nitrogens with zero attached hydrogens (tertiary/aromatic N) is 2. The molecule has 64 valence electrons. The van der Waals surface area contributed by atoms with Gasteiger partial charge in [-0.2, -0.15) is 5.10 Å². The van der Waals surface area contributed by atoms with Gasteiger partial charge in [0.1, 0.15) is 0 Å². The van der Waals surface area contributed by atoms with Gasteiger partial charge in [0.05, 0.1) is 18.4 Å². The molecular weight excluding hydrogens is 150 g/mol. The highest BCUT2D eigenvalue weighted by Gasteiger charge is 1.99. The summed E-state index contributed by atoms with van der Waals surface area (Å²) in [4.78, 5) is 0. The Balaban J connectivity index is 2.59. The zero-order chi connectivity index (χ0) is 8.97. The predicted octanol–water partition coefficient (Wildman–Crippen LogP) is 1.51. The third kappa shape index (κ3) is 2.03. The maximum atomic E-state index is 5.10. The summed E-state index contributed by atoms with van der Waals surface area (Å²) in [6.45, 7) is 4.71. The Morgan fingerprint density at radius 3 is 3.00 bits per heavy atom. The average Bonchev–Trinajstić information content (AvgIpc) is 2.48. The van der Waals surface area contributed by atoms with Gasteiger partial charge in [-0.05, 0) is 13.8 Å². The molecule has 1 aromatic heterocycles. The van der Waals surface area contributed by atoms with E-state index in [0.717, 1.165) is 5.69 Å². The molecule has 0 aliphatic rings. The summed E-state index contributed by atoms with van der Waals surface area (Å²) in [6, 6.07) is 0.395. The molecule has 0 bridgehead atoms.